The second-order valence-corrected chi connectivity index (χ2v) is 9.44. The van der Waals surface area contributed by atoms with Crippen LogP contribution in [0.1, 0.15) is 60.0 Å². The van der Waals surface area contributed by atoms with Gasteiger partial charge in [0.1, 0.15) is 11.8 Å². The summed E-state index contributed by atoms with van der Waals surface area (Å²) in [7, 11) is 3.84. The van der Waals surface area contributed by atoms with Crippen molar-refractivity contribution < 1.29 is 19.1 Å². The Morgan fingerprint density at radius 2 is 1.89 bits per heavy atom. The minimum absolute atomic E-state index is 0.169. The number of imide groups is 1. The molecule has 2 aliphatic heterocycles. The Hall–Kier alpha value is -3.53. The first-order valence-electron chi connectivity index (χ1n) is 12.5. The molecule has 0 saturated carbocycles. The molecular formula is C26H34N6O4. The maximum absolute atomic E-state index is 12.8. The number of carbonyl (C=O) groups excluding carboxylic acids is 3. The van der Waals surface area contributed by atoms with E-state index in [1.807, 2.05) is 43.5 Å². The Kier molecular flexibility index (Phi) is 8.48. The van der Waals surface area contributed by atoms with Crippen LogP contribution in [0.5, 0.6) is 5.75 Å². The van der Waals surface area contributed by atoms with Crippen LogP contribution in [0.25, 0.3) is 0 Å². The highest BCUT2D eigenvalue weighted by Crippen LogP contribution is 2.30. The number of unbranched alkanes of at least 4 members (excludes halogenated alkanes) is 3. The number of fused-ring (bicyclic) bond motifs is 1. The molecule has 36 heavy (non-hydrogen) atoms. The van der Waals surface area contributed by atoms with E-state index in [4.69, 9.17) is 4.74 Å². The lowest BCUT2D eigenvalue weighted by Gasteiger charge is -2.29. The molecule has 2 aromatic rings. The summed E-state index contributed by atoms with van der Waals surface area (Å²) in [6, 6.07) is 4.86. The maximum atomic E-state index is 12.8. The second-order valence-electron chi connectivity index (χ2n) is 9.44. The Bertz CT molecular complexity index is 1090. The van der Waals surface area contributed by atoms with Gasteiger partial charge in [0.2, 0.25) is 17.8 Å². The van der Waals surface area contributed by atoms with Gasteiger partial charge in [-0.1, -0.05) is 12.8 Å². The lowest BCUT2D eigenvalue weighted by Crippen LogP contribution is -2.52. The summed E-state index contributed by atoms with van der Waals surface area (Å²) in [5.41, 5.74) is 2.53. The van der Waals surface area contributed by atoms with Crippen molar-refractivity contribution in [3.63, 3.8) is 0 Å². The van der Waals surface area contributed by atoms with Crippen molar-refractivity contribution in [3.8, 4) is 5.75 Å². The largest absolute Gasteiger partial charge is 0.494 e. The van der Waals surface area contributed by atoms with Crippen molar-refractivity contribution in [2.45, 2.75) is 57.7 Å². The third kappa shape index (κ3) is 6.37. The number of ether oxygens (including phenoxy) is 1. The van der Waals surface area contributed by atoms with Crippen molar-refractivity contribution in [2.24, 2.45) is 0 Å². The summed E-state index contributed by atoms with van der Waals surface area (Å²) in [6.45, 7) is 2.68. The van der Waals surface area contributed by atoms with Gasteiger partial charge >= 0.3 is 0 Å². The van der Waals surface area contributed by atoms with Crippen molar-refractivity contribution in [2.75, 3.05) is 32.1 Å². The van der Waals surface area contributed by atoms with Crippen LogP contribution in [0.15, 0.2) is 30.6 Å². The van der Waals surface area contributed by atoms with E-state index in [2.05, 4.69) is 20.6 Å². The fourth-order valence-electron chi connectivity index (χ4n) is 4.44. The number of carbonyl (C=O) groups is 3. The van der Waals surface area contributed by atoms with Crippen molar-refractivity contribution in [3.05, 3.63) is 47.3 Å². The number of nitrogens with one attached hydrogen (secondary N) is 2. The summed E-state index contributed by atoms with van der Waals surface area (Å²) < 4.78 is 5.91. The maximum Gasteiger partial charge on any atom is 0.255 e. The van der Waals surface area contributed by atoms with E-state index in [-0.39, 0.29) is 18.2 Å². The molecule has 1 unspecified atom stereocenters. The first-order valence-corrected chi connectivity index (χ1v) is 12.5. The molecule has 10 nitrogen and oxygen atoms in total. The van der Waals surface area contributed by atoms with Gasteiger partial charge in [-0.25, -0.2) is 9.97 Å². The Balaban J connectivity index is 1.11. The Morgan fingerprint density at radius 3 is 2.64 bits per heavy atom. The van der Waals surface area contributed by atoms with Gasteiger partial charge in [0.15, 0.2) is 0 Å². The molecule has 0 spiro atoms. The van der Waals surface area contributed by atoms with Gasteiger partial charge in [-0.05, 0) is 49.6 Å². The van der Waals surface area contributed by atoms with Crippen LogP contribution in [0.2, 0.25) is 0 Å². The van der Waals surface area contributed by atoms with Gasteiger partial charge in [0, 0.05) is 57.1 Å². The smallest absolute Gasteiger partial charge is 0.255 e. The Labute approximate surface area is 211 Å². The van der Waals surface area contributed by atoms with Crippen LogP contribution in [-0.4, -0.2) is 65.9 Å². The normalized spacial score (nSPS) is 17.2. The topological polar surface area (TPSA) is 117 Å². The molecule has 1 aromatic heterocycles. The van der Waals surface area contributed by atoms with Crippen molar-refractivity contribution in [1.82, 2.24) is 25.5 Å². The van der Waals surface area contributed by atoms with E-state index in [9.17, 15) is 14.4 Å². The van der Waals surface area contributed by atoms with Crippen LogP contribution in [0.4, 0.5) is 5.95 Å². The zero-order valence-corrected chi connectivity index (χ0v) is 21.0. The summed E-state index contributed by atoms with van der Waals surface area (Å²) in [4.78, 5) is 48.4. The van der Waals surface area contributed by atoms with Crippen LogP contribution < -0.4 is 20.3 Å². The molecule has 4 rings (SSSR count). The third-order valence-electron chi connectivity index (χ3n) is 6.43. The molecule has 0 radical (unpaired) electrons. The van der Waals surface area contributed by atoms with Crippen LogP contribution in [-0.2, 0) is 22.7 Å². The zero-order valence-electron chi connectivity index (χ0n) is 21.0. The molecule has 1 fully saturated rings. The first-order chi connectivity index (χ1) is 17.4. The number of nitrogens with zero attached hydrogens (tertiary/aromatic N) is 4. The molecule has 1 saturated heterocycles. The molecule has 1 aromatic carbocycles. The van der Waals surface area contributed by atoms with E-state index >= 15 is 0 Å². The lowest BCUT2D eigenvalue weighted by atomic mass is 10.0. The fraction of sp³-hybridized carbons (Fsp3) is 0.500. The van der Waals surface area contributed by atoms with Crippen molar-refractivity contribution >= 4 is 23.7 Å². The molecule has 0 aliphatic carbocycles. The molecule has 192 valence electrons. The minimum Gasteiger partial charge on any atom is -0.494 e. The van der Waals surface area contributed by atoms with E-state index in [0.29, 0.717) is 31.1 Å². The van der Waals surface area contributed by atoms with Crippen molar-refractivity contribution in [1.29, 1.82) is 0 Å². The Morgan fingerprint density at radius 1 is 1.11 bits per heavy atom. The summed E-state index contributed by atoms with van der Waals surface area (Å²) >= 11 is 0. The molecule has 1 atom stereocenters. The fourth-order valence-corrected chi connectivity index (χ4v) is 4.44. The molecule has 2 aliphatic rings. The summed E-state index contributed by atoms with van der Waals surface area (Å²) in [6.07, 6.45) is 8.57. The van der Waals surface area contributed by atoms with E-state index in [0.717, 1.165) is 55.6 Å². The first kappa shape index (κ1) is 25.6. The van der Waals surface area contributed by atoms with Gasteiger partial charge in [0.25, 0.3) is 5.91 Å². The third-order valence-corrected chi connectivity index (χ3v) is 6.43. The number of amides is 3. The van der Waals surface area contributed by atoms with Crippen LogP contribution in [0, 0.1) is 0 Å². The van der Waals surface area contributed by atoms with Gasteiger partial charge < -0.3 is 19.9 Å². The number of hydrogen-bond donors (Lipinski definition) is 2. The summed E-state index contributed by atoms with van der Waals surface area (Å²) in [5, 5.41) is 5.76. The van der Waals surface area contributed by atoms with E-state index < -0.39 is 11.9 Å². The number of aromatic nitrogens is 2. The SMILES string of the molecule is CN(C)c1ncc(CNCCCCCCOc2ccc3c(c2)CN(C2CCC(=O)NC2=O)C3=O)cn1. The number of rotatable bonds is 12. The number of benzene rings is 1. The lowest BCUT2D eigenvalue weighted by molar-refractivity contribution is -0.136. The van der Waals surface area contributed by atoms with E-state index in [1.54, 1.807) is 11.0 Å². The second kappa shape index (κ2) is 11.9. The average molecular weight is 495 g/mol. The predicted octanol–water partition coefficient (Wildman–Crippen LogP) is 2.03. The molecule has 0 bridgehead atoms. The zero-order chi connectivity index (χ0) is 25.5. The highest BCUT2D eigenvalue weighted by atomic mass is 16.5. The molecule has 3 heterocycles. The molecule has 3 amide bonds. The van der Waals surface area contributed by atoms with Gasteiger partial charge in [0.05, 0.1) is 6.61 Å². The van der Waals surface area contributed by atoms with E-state index in [1.165, 1.54) is 0 Å². The highest BCUT2D eigenvalue weighted by molar-refractivity contribution is 6.05. The van der Waals surface area contributed by atoms with Crippen LogP contribution >= 0.6 is 0 Å². The average Bonchev–Trinajstić information content (AvgIpc) is 3.18. The molecule has 2 N–H and O–H groups in total. The van der Waals surface area contributed by atoms with Gasteiger partial charge in [-0.15, -0.1) is 0 Å². The van der Waals surface area contributed by atoms with Gasteiger partial charge in [-0.3, -0.25) is 19.7 Å². The highest BCUT2D eigenvalue weighted by Gasteiger charge is 2.39. The summed E-state index contributed by atoms with van der Waals surface area (Å²) in [5.74, 6) is 0.595. The molecule has 10 heteroatoms. The van der Waals surface area contributed by atoms with Gasteiger partial charge in [-0.2, -0.15) is 0 Å². The quantitative estimate of drug-likeness (QED) is 0.340. The number of piperidine rings is 1. The number of hydrogen-bond acceptors (Lipinski definition) is 8. The number of anilines is 1. The standard InChI is InChI=1S/C26H34N6O4/c1-31(2)26-28-15-18(16-29-26)14-27-11-5-3-4-6-12-36-20-7-8-21-19(13-20)17-32(25(21)35)22-9-10-23(33)30-24(22)34/h7-8,13,15-16,22,27H,3-6,9-12,14,17H2,1-2H3,(H,30,33,34). The monoisotopic (exact) mass is 494 g/mol. The minimum atomic E-state index is -0.599. The predicted molar refractivity (Wildman–Crippen MR) is 135 cm³/mol. The van der Waals surface area contributed by atoms with Crippen LogP contribution in [0.3, 0.4) is 0 Å². The molecular weight excluding hydrogens is 460 g/mol.